The van der Waals surface area contributed by atoms with Crippen LogP contribution in [0.2, 0.25) is 0 Å². The van der Waals surface area contributed by atoms with Crippen LogP contribution in [0.25, 0.3) is 33.3 Å². The highest BCUT2D eigenvalue weighted by Crippen LogP contribution is 2.26. The van der Waals surface area contributed by atoms with Crippen LogP contribution in [0, 0.1) is 0 Å². The Morgan fingerprint density at radius 3 is 2.49 bits per heavy atom. The summed E-state index contributed by atoms with van der Waals surface area (Å²) in [6, 6.07) is 17.8. The molecule has 1 N–H and O–H groups in total. The van der Waals surface area contributed by atoms with Crippen LogP contribution < -0.4 is 15.8 Å². The fourth-order valence-electron chi connectivity index (χ4n) is 4.92. The van der Waals surface area contributed by atoms with E-state index in [1.807, 2.05) is 36.4 Å². The lowest BCUT2D eigenvalue weighted by molar-refractivity contribution is 0.313. The van der Waals surface area contributed by atoms with Crippen LogP contribution >= 0.6 is 0 Å². The zero-order valence-corrected chi connectivity index (χ0v) is 20.2. The van der Waals surface area contributed by atoms with Crippen molar-refractivity contribution in [3.05, 3.63) is 83.7 Å². The molecule has 0 bridgehead atoms. The van der Waals surface area contributed by atoms with Gasteiger partial charge in [-0.2, -0.15) is 9.50 Å². The number of furan rings is 1. The predicted molar refractivity (Wildman–Crippen MR) is 143 cm³/mol. The maximum absolute atomic E-state index is 13.6. The van der Waals surface area contributed by atoms with Crippen molar-refractivity contribution in [2.24, 2.45) is 0 Å². The fraction of sp³-hybridized carbons (Fsp3) is 0.185. The van der Waals surface area contributed by atoms with Gasteiger partial charge in [-0.25, -0.2) is 14.6 Å². The molecular weight excluding hydrogens is 468 g/mol. The molecule has 37 heavy (non-hydrogen) atoms. The largest absolute Gasteiger partial charge is 0.470 e. The number of nitrogens with zero attached hydrogens (tertiary/aromatic N) is 7. The first-order valence-corrected chi connectivity index (χ1v) is 12.2. The Labute approximate surface area is 211 Å². The fourth-order valence-corrected chi connectivity index (χ4v) is 4.92. The lowest BCUT2D eigenvalue weighted by atomic mass is 10.2. The van der Waals surface area contributed by atoms with E-state index in [-0.39, 0.29) is 5.56 Å². The smallest absolute Gasteiger partial charge is 0.284 e. The number of para-hydroxylation sites is 1. The second-order valence-electron chi connectivity index (χ2n) is 9.26. The monoisotopic (exact) mass is 492 g/mol. The number of fused-ring (bicyclic) bond motifs is 4. The molecule has 1 saturated heterocycles. The molecule has 0 radical (unpaired) electrons. The van der Waals surface area contributed by atoms with E-state index in [1.165, 1.54) is 11.9 Å². The Hall–Kier alpha value is -4.70. The summed E-state index contributed by atoms with van der Waals surface area (Å²) in [7, 11) is 2.15. The molecule has 0 amide bonds. The predicted octanol–water partition coefficient (Wildman–Crippen LogP) is 3.67. The molecule has 1 fully saturated rings. The molecule has 4 aromatic heterocycles. The molecule has 184 valence electrons. The highest BCUT2D eigenvalue weighted by atomic mass is 16.3. The third-order valence-electron chi connectivity index (χ3n) is 6.92. The van der Waals surface area contributed by atoms with Crippen LogP contribution in [-0.4, -0.2) is 62.3 Å². The van der Waals surface area contributed by atoms with E-state index < -0.39 is 0 Å². The third-order valence-corrected chi connectivity index (χ3v) is 6.92. The minimum absolute atomic E-state index is 0.250. The molecule has 10 nitrogen and oxygen atoms in total. The van der Waals surface area contributed by atoms with Gasteiger partial charge in [0.2, 0.25) is 5.95 Å². The van der Waals surface area contributed by atoms with Gasteiger partial charge in [0.15, 0.2) is 11.3 Å². The summed E-state index contributed by atoms with van der Waals surface area (Å²) in [5.41, 5.74) is 4.25. The van der Waals surface area contributed by atoms with E-state index in [9.17, 15) is 4.79 Å². The van der Waals surface area contributed by atoms with Gasteiger partial charge in [-0.05, 0) is 43.4 Å². The van der Waals surface area contributed by atoms with E-state index in [4.69, 9.17) is 9.40 Å². The van der Waals surface area contributed by atoms with Gasteiger partial charge in [-0.1, -0.05) is 12.1 Å². The average Bonchev–Trinajstić information content (AvgIpc) is 3.56. The van der Waals surface area contributed by atoms with Crippen LogP contribution in [0.3, 0.4) is 0 Å². The Balaban J connectivity index is 1.27. The van der Waals surface area contributed by atoms with Crippen molar-refractivity contribution < 1.29 is 4.42 Å². The number of piperazine rings is 1. The third kappa shape index (κ3) is 3.61. The first-order valence-electron chi connectivity index (χ1n) is 12.2. The van der Waals surface area contributed by atoms with Crippen LogP contribution in [0.15, 0.2) is 82.5 Å². The molecular formula is C27H24N8O2. The van der Waals surface area contributed by atoms with Crippen molar-refractivity contribution in [2.45, 2.75) is 0 Å². The van der Waals surface area contributed by atoms with Crippen LogP contribution in [-0.2, 0) is 0 Å². The van der Waals surface area contributed by atoms with Gasteiger partial charge in [-0.15, -0.1) is 0 Å². The minimum atomic E-state index is -0.250. The Morgan fingerprint density at radius 2 is 1.70 bits per heavy atom. The van der Waals surface area contributed by atoms with Gasteiger partial charge in [-0.3, -0.25) is 4.79 Å². The zero-order valence-electron chi connectivity index (χ0n) is 20.2. The van der Waals surface area contributed by atoms with Gasteiger partial charge >= 0.3 is 0 Å². The average molecular weight is 493 g/mol. The van der Waals surface area contributed by atoms with E-state index in [0.717, 1.165) is 48.5 Å². The standard InChI is InChI=1S/C27H24N8O2/c1-32-11-13-33(14-12-32)19-8-6-18(7-9-19)29-27-28-16-22-24(31-27)30-25-21-4-2-3-5-23(21)34(35(25)26(22)36)20-10-15-37-17-20/h2-10,15-17H,11-14H2,1H3,(H,28,29,31). The second kappa shape index (κ2) is 8.45. The normalized spacial score (nSPS) is 14.7. The van der Waals surface area contributed by atoms with Gasteiger partial charge in [0.05, 0.1) is 11.8 Å². The van der Waals surface area contributed by atoms with Gasteiger partial charge in [0, 0.05) is 55.2 Å². The zero-order chi connectivity index (χ0) is 24.9. The van der Waals surface area contributed by atoms with Crippen molar-refractivity contribution in [1.82, 2.24) is 29.0 Å². The molecule has 7 rings (SSSR count). The summed E-state index contributed by atoms with van der Waals surface area (Å²) in [5, 5.41) is 4.43. The number of benzene rings is 2. The SMILES string of the molecule is CN1CCN(c2ccc(Nc3ncc4c(=O)n5c(nc4n3)c3ccccc3n5-c3ccoc3)cc2)CC1. The summed E-state index contributed by atoms with van der Waals surface area (Å²) in [6.07, 6.45) is 4.71. The quantitative estimate of drug-likeness (QED) is 0.398. The van der Waals surface area contributed by atoms with Crippen molar-refractivity contribution in [3.8, 4) is 5.69 Å². The van der Waals surface area contributed by atoms with E-state index >= 15 is 0 Å². The minimum Gasteiger partial charge on any atom is -0.470 e. The highest BCUT2D eigenvalue weighted by Gasteiger charge is 2.19. The Bertz CT molecular complexity index is 1800. The number of hydrogen-bond acceptors (Lipinski definition) is 8. The number of aromatic nitrogens is 5. The Kier molecular flexibility index (Phi) is 4.93. The molecule has 0 saturated carbocycles. The molecule has 6 aromatic rings. The molecule has 1 aliphatic rings. The Morgan fingerprint density at radius 1 is 0.892 bits per heavy atom. The van der Waals surface area contributed by atoms with Crippen LogP contribution in [0.5, 0.6) is 0 Å². The molecule has 0 unspecified atom stereocenters. The molecule has 0 atom stereocenters. The van der Waals surface area contributed by atoms with Gasteiger partial charge in [0.1, 0.15) is 17.3 Å². The summed E-state index contributed by atoms with van der Waals surface area (Å²) < 4.78 is 8.64. The second-order valence-corrected chi connectivity index (χ2v) is 9.26. The summed E-state index contributed by atoms with van der Waals surface area (Å²) in [4.78, 5) is 32.1. The topological polar surface area (TPSA) is 96.7 Å². The van der Waals surface area contributed by atoms with Gasteiger partial charge in [0.25, 0.3) is 5.56 Å². The van der Waals surface area contributed by atoms with E-state index in [2.05, 4.69) is 44.3 Å². The van der Waals surface area contributed by atoms with Crippen molar-refractivity contribution in [3.63, 3.8) is 0 Å². The highest BCUT2D eigenvalue weighted by molar-refractivity contribution is 5.95. The lowest BCUT2D eigenvalue weighted by Gasteiger charge is -2.34. The first kappa shape index (κ1) is 21.6. The number of likely N-dealkylation sites (N-methyl/N-ethyl adjacent to an activating group) is 1. The molecule has 0 aliphatic carbocycles. The summed E-state index contributed by atoms with van der Waals surface area (Å²) in [5.74, 6) is 0.384. The first-order chi connectivity index (χ1) is 18.2. The molecule has 1 aliphatic heterocycles. The van der Waals surface area contributed by atoms with Crippen LogP contribution in [0.4, 0.5) is 17.3 Å². The number of hydrogen-bond donors (Lipinski definition) is 1. The van der Waals surface area contributed by atoms with Crippen molar-refractivity contribution >= 4 is 44.9 Å². The maximum atomic E-state index is 13.6. The van der Waals surface area contributed by atoms with Gasteiger partial charge < -0.3 is 19.5 Å². The maximum Gasteiger partial charge on any atom is 0.284 e. The molecule has 5 heterocycles. The van der Waals surface area contributed by atoms with E-state index in [1.54, 1.807) is 27.8 Å². The summed E-state index contributed by atoms with van der Waals surface area (Å²) in [6.45, 7) is 4.16. The van der Waals surface area contributed by atoms with E-state index in [0.29, 0.717) is 22.6 Å². The number of anilines is 3. The molecule has 0 spiro atoms. The number of nitrogens with one attached hydrogen (secondary N) is 1. The molecule has 2 aromatic carbocycles. The van der Waals surface area contributed by atoms with Crippen molar-refractivity contribution in [1.29, 1.82) is 0 Å². The molecule has 10 heteroatoms. The lowest BCUT2D eigenvalue weighted by Crippen LogP contribution is -2.44. The summed E-state index contributed by atoms with van der Waals surface area (Å²) >= 11 is 0. The van der Waals surface area contributed by atoms with Crippen molar-refractivity contribution in [2.75, 3.05) is 43.4 Å². The van der Waals surface area contributed by atoms with Crippen LogP contribution in [0.1, 0.15) is 0 Å². The number of rotatable bonds is 4.